The van der Waals surface area contributed by atoms with Gasteiger partial charge < -0.3 is 25.3 Å². The molecule has 1 amide bonds. The minimum Gasteiger partial charge on any atom is -0.493 e. The summed E-state index contributed by atoms with van der Waals surface area (Å²) < 4.78 is 17.9. The van der Waals surface area contributed by atoms with Crippen LogP contribution in [0.25, 0.3) is 16.9 Å². The molecule has 0 fully saturated rings. The minimum absolute atomic E-state index is 0.385. The predicted molar refractivity (Wildman–Crippen MR) is 118 cm³/mol. The van der Waals surface area contributed by atoms with E-state index in [0.717, 1.165) is 5.56 Å². The molecule has 2 heterocycles. The van der Waals surface area contributed by atoms with Gasteiger partial charge in [0.1, 0.15) is 17.3 Å². The zero-order chi connectivity index (χ0) is 22.8. The van der Waals surface area contributed by atoms with Gasteiger partial charge in [-0.25, -0.2) is 9.50 Å². The van der Waals surface area contributed by atoms with Crippen LogP contribution >= 0.6 is 0 Å². The molecule has 0 aliphatic carbocycles. The third kappa shape index (κ3) is 3.41. The van der Waals surface area contributed by atoms with Crippen molar-refractivity contribution in [2.75, 3.05) is 26.6 Å². The molecular weight excluding hydrogens is 412 g/mol. The van der Waals surface area contributed by atoms with E-state index in [1.165, 1.54) is 21.3 Å². The van der Waals surface area contributed by atoms with Crippen LogP contribution in [0.1, 0.15) is 15.9 Å². The van der Waals surface area contributed by atoms with Gasteiger partial charge in [-0.1, -0.05) is 12.1 Å². The predicted octanol–water partition coefficient (Wildman–Crippen LogP) is 3.07. The molecule has 0 saturated heterocycles. The number of nitrogens with one attached hydrogen (secondary N) is 2. The van der Waals surface area contributed by atoms with Gasteiger partial charge in [0, 0.05) is 35.1 Å². The first-order valence-corrected chi connectivity index (χ1v) is 9.47. The van der Waals surface area contributed by atoms with Crippen molar-refractivity contribution in [3.63, 3.8) is 0 Å². The Bertz CT molecular complexity index is 1320. The number of imidazole rings is 1. The SMILES string of the molecule is COc1cc(Nc2c(-c3ccc(C(N)=O)cc3)nc3c(C#N)c[nH]n23)cc(OC)c1OC. The Morgan fingerprint density at radius 1 is 1.12 bits per heavy atom. The molecule has 0 unspecified atom stereocenters. The zero-order valence-corrected chi connectivity index (χ0v) is 17.6. The first kappa shape index (κ1) is 20.6. The maximum Gasteiger partial charge on any atom is 0.248 e. The largest absolute Gasteiger partial charge is 0.493 e. The molecule has 0 aliphatic heterocycles. The number of amides is 1. The van der Waals surface area contributed by atoms with Crippen LogP contribution in [0, 0.1) is 11.3 Å². The fourth-order valence-electron chi connectivity index (χ4n) is 3.40. The Balaban J connectivity index is 1.87. The summed E-state index contributed by atoms with van der Waals surface area (Å²) in [6, 6.07) is 12.4. The highest BCUT2D eigenvalue weighted by atomic mass is 16.5. The lowest BCUT2D eigenvalue weighted by Gasteiger charge is -2.15. The number of primary amides is 1. The van der Waals surface area contributed by atoms with Crippen molar-refractivity contribution >= 4 is 23.1 Å². The Labute approximate surface area is 183 Å². The van der Waals surface area contributed by atoms with Crippen molar-refractivity contribution in [1.82, 2.24) is 14.6 Å². The standard InChI is InChI=1S/C22H20N6O4/c1-30-16-8-15(9-17(31-2)19(16)32-3)26-22-18(12-4-6-13(7-5-12)20(24)29)27-21-14(10-23)11-25-28(21)22/h4-9,11,25-26H,1-3H3,(H2,24,29). The van der Waals surface area contributed by atoms with Crippen LogP contribution in [0.4, 0.5) is 11.5 Å². The lowest BCUT2D eigenvalue weighted by Crippen LogP contribution is -2.10. The number of nitriles is 1. The second kappa shape index (κ2) is 8.23. The lowest BCUT2D eigenvalue weighted by molar-refractivity contribution is 0.100. The van der Waals surface area contributed by atoms with Gasteiger partial charge in [0.2, 0.25) is 11.7 Å². The monoisotopic (exact) mass is 432 g/mol. The molecule has 4 rings (SSSR count). The molecule has 4 aromatic rings. The van der Waals surface area contributed by atoms with Crippen molar-refractivity contribution in [2.24, 2.45) is 5.73 Å². The van der Waals surface area contributed by atoms with Gasteiger partial charge in [0.25, 0.3) is 0 Å². The molecule has 32 heavy (non-hydrogen) atoms. The summed E-state index contributed by atoms with van der Waals surface area (Å²) in [6.45, 7) is 0. The number of hydrogen-bond donors (Lipinski definition) is 3. The molecule has 0 atom stereocenters. The van der Waals surface area contributed by atoms with Crippen molar-refractivity contribution in [3.05, 3.63) is 53.7 Å². The van der Waals surface area contributed by atoms with E-state index in [4.69, 9.17) is 19.9 Å². The molecule has 0 spiro atoms. The van der Waals surface area contributed by atoms with Gasteiger partial charge in [-0.3, -0.25) is 9.89 Å². The fourth-order valence-corrected chi connectivity index (χ4v) is 3.40. The van der Waals surface area contributed by atoms with E-state index in [1.807, 2.05) is 0 Å². The number of nitrogens with two attached hydrogens (primary N) is 1. The molecule has 10 nitrogen and oxygen atoms in total. The highest BCUT2D eigenvalue weighted by molar-refractivity contribution is 5.93. The molecule has 4 N–H and O–H groups in total. The van der Waals surface area contributed by atoms with Crippen LogP contribution in [0.3, 0.4) is 0 Å². The first-order valence-electron chi connectivity index (χ1n) is 9.47. The number of ether oxygens (including phenoxy) is 3. The summed E-state index contributed by atoms with van der Waals surface area (Å²) in [5, 5.41) is 15.8. The van der Waals surface area contributed by atoms with E-state index >= 15 is 0 Å². The second-order valence-corrected chi connectivity index (χ2v) is 6.75. The molecule has 0 saturated carbocycles. The molecule has 2 aromatic carbocycles. The number of anilines is 2. The molecule has 0 aliphatic rings. The highest BCUT2D eigenvalue weighted by Gasteiger charge is 2.20. The normalized spacial score (nSPS) is 10.6. The maximum atomic E-state index is 11.4. The average molecular weight is 432 g/mol. The number of benzene rings is 2. The Hall–Kier alpha value is -4.65. The van der Waals surface area contributed by atoms with Crippen LogP contribution < -0.4 is 25.3 Å². The number of carbonyl (C=O) groups excluding carboxylic acids is 1. The smallest absolute Gasteiger partial charge is 0.248 e. The Kier molecular flexibility index (Phi) is 5.30. The summed E-state index contributed by atoms with van der Waals surface area (Å²) in [4.78, 5) is 16.1. The molecule has 10 heteroatoms. The van der Waals surface area contributed by atoms with Crippen LogP contribution in [0.5, 0.6) is 17.2 Å². The second-order valence-electron chi connectivity index (χ2n) is 6.75. The summed E-state index contributed by atoms with van der Waals surface area (Å²) in [5.41, 5.74) is 8.51. The quantitative estimate of drug-likeness (QED) is 0.408. The average Bonchev–Trinajstić information content (AvgIpc) is 3.38. The van der Waals surface area contributed by atoms with Crippen molar-refractivity contribution in [2.45, 2.75) is 0 Å². The van der Waals surface area contributed by atoms with Crippen molar-refractivity contribution < 1.29 is 19.0 Å². The number of fused-ring (bicyclic) bond motifs is 1. The van der Waals surface area contributed by atoms with E-state index in [1.54, 1.807) is 47.1 Å². The van der Waals surface area contributed by atoms with Crippen LogP contribution in [-0.2, 0) is 0 Å². The summed E-state index contributed by atoms with van der Waals surface area (Å²) in [6.07, 6.45) is 1.57. The number of rotatable bonds is 7. The van der Waals surface area contributed by atoms with Gasteiger partial charge >= 0.3 is 0 Å². The van der Waals surface area contributed by atoms with Crippen molar-refractivity contribution in [1.29, 1.82) is 5.26 Å². The number of methoxy groups -OCH3 is 3. The van der Waals surface area contributed by atoms with Gasteiger partial charge in [-0.2, -0.15) is 5.26 Å². The van der Waals surface area contributed by atoms with Gasteiger partial charge in [0.15, 0.2) is 23.0 Å². The third-order valence-electron chi connectivity index (χ3n) is 4.95. The lowest BCUT2D eigenvalue weighted by atomic mass is 10.1. The number of H-pyrrole nitrogens is 1. The Morgan fingerprint density at radius 2 is 1.78 bits per heavy atom. The molecule has 2 aromatic heterocycles. The topological polar surface area (TPSA) is 140 Å². The van der Waals surface area contributed by atoms with E-state index in [0.29, 0.717) is 51.2 Å². The maximum absolute atomic E-state index is 11.4. The number of hydrogen-bond acceptors (Lipinski definition) is 7. The molecule has 0 bridgehead atoms. The molecular formula is C22H20N6O4. The highest BCUT2D eigenvalue weighted by Crippen LogP contribution is 2.41. The molecule has 0 radical (unpaired) electrons. The zero-order valence-electron chi connectivity index (χ0n) is 17.6. The van der Waals surface area contributed by atoms with E-state index in [-0.39, 0.29) is 0 Å². The third-order valence-corrected chi connectivity index (χ3v) is 4.95. The summed E-state index contributed by atoms with van der Waals surface area (Å²) in [5.74, 6) is 1.48. The number of aromatic amines is 1. The van der Waals surface area contributed by atoms with Crippen molar-refractivity contribution in [3.8, 4) is 34.6 Å². The van der Waals surface area contributed by atoms with E-state index < -0.39 is 5.91 Å². The number of nitrogens with zero attached hydrogens (tertiary/aromatic N) is 3. The Morgan fingerprint density at radius 3 is 2.31 bits per heavy atom. The summed E-state index contributed by atoms with van der Waals surface area (Å²) >= 11 is 0. The van der Waals surface area contributed by atoms with Crippen LogP contribution in [0.2, 0.25) is 0 Å². The van der Waals surface area contributed by atoms with Crippen LogP contribution in [-0.4, -0.2) is 41.8 Å². The molecule has 162 valence electrons. The van der Waals surface area contributed by atoms with Crippen LogP contribution in [0.15, 0.2) is 42.6 Å². The first-order chi connectivity index (χ1) is 15.5. The van der Waals surface area contributed by atoms with Gasteiger partial charge in [-0.15, -0.1) is 0 Å². The van der Waals surface area contributed by atoms with E-state index in [9.17, 15) is 10.1 Å². The van der Waals surface area contributed by atoms with Gasteiger partial charge in [0.05, 0.1) is 21.3 Å². The minimum atomic E-state index is -0.518. The number of carbonyl (C=O) groups is 1. The summed E-state index contributed by atoms with van der Waals surface area (Å²) in [7, 11) is 4.60. The fraction of sp³-hybridized carbons (Fsp3) is 0.136. The number of aromatic nitrogens is 3. The van der Waals surface area contributed by atoms with E-state index in [2.05, 4.69) is 21.5 Å². The van der Waals surface area contributed by atoms with Gasteiger partial charge in [-0.05, 0) is 12.1 Å².